The fraction of sp³-hybridized carbons (Fsp3) is 0.294. The van der Waals surface area contributed by atoms with Crippen molar-refractivity contribution < 1.29 is 4.79 Å². The van der Waals surface area contributed by atoms with Gasteiger partial charge < -0.3 is 10.2 Å². The van der Waals surface area contributed by atoms with E-state index in [1.54, 1.807) is 11.1 Å². The van der Waals surface area contributed by atoms with Gasteiger partial charge in [0.1, 0.15) is 0 Å². The number of para-hydroxylation sites is 1. The molecule has 0 aliphatic carbocycles. The first-order chi connectivity index (χ1) is 10.8. The molecule has 5 heteroatoms. The zero-order chi connectivity index (χ0) is 15.4. The molecular weight excluding hydrogens is 298 g/mol. The molecule has 3 rings (SSSR count). The molecule has 2 heterocycles. The molecule has 2 aromatic rings. The van der Waals surface area contributed by atoms with Crippen LogP contribution in [0.15, 0.2) is 48.8 Å². The number of carbonyl (C=O) groups excluding carboxylic acids is 1. The standard InChI is InChI=1S/C17H18ClN3O/c18-14-6-1-2-8-16(14)21-10-4-7-15(17(21)22)20-12-13-5-3-9-19-11-13/h1-3,5-6,8-9,11,15,20H,4,7,10,12H2/t15-/m0/s1. The van der Waals surface area contributed by atoms with Gasteiger partial charge in [-0.2, -0.15) is 0 Å². The molecule has 0 spiro atoms. The maximum Gasteiger partial charge on any atom is 0.244 e. The summed E-state index contributed by atoms with van der Waals surface area (Å²) in [6.45, 7) is 1.36. The van der Waals surface area contributed by atoms with Crippen molar-refractivity contribution in [3.8, 4) is 0 Å². The first kappa shape index (κ1) is 15.0. The fourth-order valence-corrected chi connectivity index (χ4v) is 2.96. The molecule has 1 aromatic carbocycles. The third kappa shape index (κ3) is 3.29. The maximum absolute atomic E-state index is 12.7. The smallest absolute Gasteiger partial charge is 0.244 e. The van der Waals surface area contributed by atoms with Crippen molar-refractivity contribution in [3.63, 3.8) is 0 Å². The first-order valence-electron chi connectivity index (χ1n) is 7.44. The minimum Gasteiger partial charge on any atom is -0.310 e. The Morgan fingerprint density at radius 1 is 1.27 bits per heavy atom. The monoisotopic (exact) mass is 315 g/mol. The van der Waals surface area contributed by atoms with E-state index in [1.165, 1.54) is 0 Å². The second-order valence-electron chi connectivity index (χ2n) is 5.38. The number of benzene rings is 1. The Morgan fingerprint density at radius 3 is 2.91 bits per heavy atom. The lowest BCUT2D eigenvalue weighted by molar-refractivity contribution is -0.121. The number of nitrogens with zero attached hydrogens (tertiary/aromatic N) is 2. The van der Waals surface area contributed by atoms with Gasteiger partial charge >= 0.3 is 0 Å². The number of aromatic nitrogens is 1. The summed E-state index contributed by atoms with van der Waals surface area (Å²) in [7, 11) is 0. The van der Waals surface area contributed by atoms with E-state index < -0.39 is 0 Å². The van der Waals surface area contributed by atoms with Crippen molar-refractivity contribution in [2.45, 2.75) is 25.4 Å². The molecule has 22 heavy (non-hydrogen) atoms. The molecule has 0 unspecified atom stereocenters. The van der Waals surface area contributed by atoms with Crippen LogP contribution in [0.4, 0.5) is 5.69 Å². The van der Waals surface area contributed by atoms with E-state index in [4.69, 9.17) is 11.6 Å². The number of hydrogen-bond acceptors (Lipinski definition) is 3. The summed E-state index contributed by atoms with van der Waals surface area (Å²) in [5.74, 6) is 0.0863. The average Bonchev–Trinajstić information content (AvgIpc) is 2.56. The van der Waals surface area contributed by atoms with E-state index in [-0.39, 0.29) is 11.9 Å². The van der Waals surface area contributed by atoms with E-state index in [1.807, 2.05) is 42.6 Å². The number of pyridine rings is 1. The summed E-state index contributed by atoms with van der Waals surface area (Å²) >= 11 is 6.22. The van der Waals surface area contributed by atoms with Gasteiger partial charge in [0.05, 0.1) is 16.8 Å². The summed E-state index contributed by atoms with van der Waals surface area (Å²) in [6.07, 6.45) is 5.36. The Hall–Kier alpha value is -1.91. The van der Waals surface area contributed by atoms with Crippen LogP contribution in [0.3, 0.4) is 0 Å². The Morgan fingerprint density at radius 2 is 2.14 bits per heavy atom. The molecule has 0 saturated carbocycles. The molecule has 4 nitrogen and oxygen atoms in total. The van der Waals surface area contributed by atoms with Gasteiger partial charge in [-0.25, -0.2) is 0 Å². The second kappa shape index (κ2) is 6.90. The highest BCUT2D eigenvalue weighted by Crippen LogP contribution is 2.28. The van der Waals surface area contributed by atoms with Crippen LogP contribution in [0.25, 0.3) is 0 Å². The summed E-state index contributed by atoms with van der Waals surface area (Å²) in [4.78, 5) is 18.6. The van der Waals surface area contributed by atoms with E-state index >= 15 is 0 Å². The van der Waals surface area contributed by atoms with Crippen LogP contribution < -0.4 is 10.2 Å². The number of carbonyl (C=O) groups is 1. The third-order valence-corrected chi connectivity index (χ3v) is 4.18. The molecule has 114 valence electrons. The topological polar surface area (TPSA) is 45.2 Å². The van der Waals surface area contributed by atoms with Crippen molar-refractivity contribution in [3.05, 3.63) is 59.4 Å². The van der Waals surface area contributed by atoms with E-state index in [9.17, 15) is 4.79 Å². The SMILES string of the molecule is O=C1[C@@H](NCc2cccnc2)CCCN1c1ccccc1Cl. The molecule has 1 aromatic heterocycles. The van der Waals surface area contributed by atoms with Gasteiger partial charge in [-0.15, -0.1) is 0 Å². The van der Waals surface area contributed by atoms with Gasteiger partial charge in [0.2, 0.25) is 5.91 Å². The molecule has 1 saturated heterocycles. The first-order valence-corrected chi connectivity index (χ1v) is 7.81. The number of amides is 1. The van der Waals surface area contributed by atoms with Gasteiger partial charge in [0.15, 0.2) is 0 Å². The summed E-state index contributed by atoms with van der Waals surface area (Å²) in [5.41, 5.74) is 1.87. The van der Waals surface area contributed by atoms with Gasteiger partial charge in [0, 0.05) is 25.5 Å². The van der Waals surface area contributed by atoms with Crippen molar-refractivity contribution in [2.75, 3.05) is 11.4 Å². The Balaban J connectivity index is 1.69. The third-order valence-electron chi connectivity index (χ3n) is 3.86. The van der Waals surface area contributed by atoms with Crippen LogP contribution in [-0.4, -0.2) is 23.5 Å². The summed E-state index contributed by atoms with van der Waals surface area (Å²) in [5, 5.41) is 3.95. The molecule has 0 radical (unpaired) electrons. The summed E-state index contributed by atoms with van der Waals surface area (Å²) < 4.78 is 0. The van der Waals surface area contributed by atoms with Crippen LogP contribution in [0.2, 0.25) is 5.02 Å². The van der Waals surface area contributed by atoms with Crippen molar-refractivity contribution in [2.24, 2.45) is 0 Å². The van der Waals surface area contributed by atoms with E-state index in [2.05, 4.69) is 10.3 Å². The lowest BCUT2D eigenvalue weighted by Gasteiger charge is -2.33. The molecule has 1 fully saturated rings. The molecule has 1 amide bonds. The molecule has 1 aliphatic rings. The quantitative estimate of drug-likeness (QED) is 0.943. The maximum atomic E-state index is 12.7. The molecule has 0 bridgehead atoms. The highest BCUT2D eigenvalue weighted by molar-refractivity contribution is 6.33. The number of rotatable bonds is 4. The van der Waals surface area contributed by atoms with Crippen LogP contribution in [0.5, 0.6) is 0 Å². The average molecular weight is 316 g/mol. The van der Waals surface area contributed by atoms with E-state index in [0.717, 1.165) is 24.1 Å². The normalized spacial score (nSPS) is 18.5. The highest BCUT2D eigenvalue weighted by atomic mass is 35.5. The number of anilines is 1. The van der Waals surface area contributed by atoms with Crippen LogP contribution in [0, 0.1) is 0 Å². The predicted octanol–water partition coefficient (Wildman–Crippen LogP) is 3.02. The van der Waals surface area contributed by atoms with Gasteiger partial charge in [-0.05, 0) is 36.6 Å². The predicted molar refractivity (Wildman–Crippen MR) is 87.9 cm³/mol. The van der Waals surface area contributed by atoms with Crippen molar-refractivity contribution in [1.29, 1.82) is 0 Å². The molecule has 1 atom stereocenters. The second-order valence-corrected chi connectivity index (χ2v) is 5.79. The number of halogens is 1. The number of nitrogens with one attached hydrogen (secondary N) is 1. The Kier molecular flexibility index (Phi) is 4.71. The molecule has 1 N–H and O–H groups in total. The zero-order valence-corrected chi connectivity index (χ0v) is 13.0. The van der Waals surface area contributed by atoms with Crippen LogP contribution >= 0.6 is 11.6 Å². The lowest BCUT2D eigenvalue weighted by atomic mass is 10.0. The minimum absolute atomic E-state index is 0.0863. The minimum atomic E-state index is -0.176. The number of hydrogen-bond donors (Lipinski definition) is 1. The lowest BCUT2D eigenvalue weighted by Crippen LogP contribution is -2.50. The fourth-order valence-electron chi connectivity index (χ4n) is 2.72. The van der Waals surface area contributed by atoms with Crippen molar-refractivity contribution >= 4 is 23.2 Å². The highest BCUT2D eigenvalue weighted by Gasteiger charge is 2.30. The Labute approximate surface area is 135 Å². The van der Waals surface area contributed by atoms with Crippen LogP contribution in [0.1, 0.15) is 18.4 Å². The van der Waals surface area contributed by atoms with Gasteiger partial charge in [-0.3, -0.25) is 9.78 Å². The summed E-state index contributed by atoms with van der Waals surface area (Å²) in [6, 6.07) is 11.2. The van der Waals surface area contributed by atoms with E-state index in [0.29, 0.717) is 18.1 Å². The molecular formula is C17H18ClN3O. The van der Waals surface area contributed by atoms with Gasteiger partial charge in [0.25, 0.3) is 0 Å². The van der Waals surface area contributed by atoms with Gasteiger partial charge in [-0.1, -0.05) is 29.8 Å². The van der Waals surface area contributed by atoms with Crippen LogP contribution in [-0.2, 0) is 11.3 Å². The number of piperidine rings is 1. The van der Waals surface area contributed by atoms with Crippen molar-refractivity contribution in [1.82, 2.24) is 10.3 Å². The zero-order valence-electron chi connectivity index (χ0n) is 12.2. The molecule has 1 aliphatic heterocycles. The Bertz CT molecular complexity index is 647. The largest absolute Gasteiger partial charge is 0.310 e.